The van der Waals surface area contributed by atoms with E-state index >= 15 is 0 Å². The highest BCUT2D eigenvalue weighted by Crippen LogP contribution is 2.15. The molecule has 0 amide bonds. The van der Waals surface area contributed by atoms with Crippen molar-refractivity contribution in [3.63, 3.8) is 0 Å². The molecule has 0 aliphatic carbocycles. The molecule has 0 aromatic carbocycles. The summed E-state index contributed by atoms with van der Waals surface area (Å²) in [4.78, 5) is 3.95. The van der Waals surface area contributed by atoms with Crippen LogP contribution in [0, 0.1) is 5.95 Å². The summed E-state index contributed by atoms with van der Waals surface area (Å²) in [5.41, 5.74) is 6.76. The Morgan fingerprint density at radius 2 is 2.31 bits per heavy atom. The molecule has 68 valence electrons. The molecular formula is C9H10FN3. The first-order valence-corrected chi connectivity index (χ1v) is 4.14. The molecule has 2 N–H and O–H groups in total. The van der Waals surface area contributed by atoms with E-state index in [2.05, 4.69) is 4.98 Å². The van der Waals surface area contributed by atoms with Gasteiger partial charge in [-0.15, -0.1) is 0 Å². The standard InChI is InChI=1S/C9H10FN3/c1-2-6-3-4-8-12-5-7(11)13(8)9(6)10/h3-5H,2,11H2,1H3. The Bertz CT molecular complexity index is 447. The lowest BCUT2D eigenvalue weighted by Crippen LogP contribution is -2.01. The third kappa shape index (κ3) is 1.06. The maximum atomic E-state index is 13.6. The van der Waals surface area contributed by atoms with E-state index in [0.29, 0.717) is 23.4 Å². The molecule has 2 aromatic rings. The maximum absolute atomic E-state index is 13.6. The number of anilines is 1. The summed E-state index contributed by atoms with van der Waals surface area (Å²) in [6, 6.07) is 3.50. The molecule has 0 saturated carbocycles. The van der Waals surface area contributed by atoms with Crippen LogP contribution in [0.4, 0.5) is 10.2 Å². The van der Waals surface area contributed by atoms with Crippen molar-refractivity contribution in [2.45, 2.75) is 13.3 Å². The first-order chi connectivity index (χ1) is 6.24. The summed E-state index contributed by atoms with van der Waals surface area (Å²) in [6.45, 7) is 1.90. The van der Waals surface area contributed by atoms with Crippen molar-refractivity contribution < 1.29 is 4.39 Å². The third-order valence-corrected chi connectivity index (χ3v) is 2.09. The Kier molecular flexibility index (Phi) is 1.69. The predicted octanol–water partition coefficient (Wildman–Crippen LogP) is 1.62. The van der Waals surface area contributed by atoms with Gasteiger partial charge in [0.05, 0.1) is 6.20 Å². The van der Waals surface area contributed by atoms with Crippen LogP contribution in [0.1, 0.15) is 12.5 Å². The first-order valence-electron chi connectivity index (χ1n) is 4.14. The zero-order valence-corrected chi connectivity index (χ0v) is 7.29. The Balaban J connectivity index is 2.83. The number of hydrogen-bond acceptors (Lipinski definition) is 2. The Morgan fingerprint density at radius 3 is 3.00 bits per heavy atom. The highest BCUT2D eigenvalue weighted by Gasteiger charge is 2.08. The molecule has 3 nitrogen and oxygen atoms in total. The molecule has 0 aliphatic rings. The highest BCUT2D eigenvalue weighted by atomic mass is 19.1. The van der Waals surface area contributed by atoms with E-state index in [1.54, 1.807) is 12.1 Å². The average Bonchev–Trinajstić information content (AvgIpc) is 2.49. The molecular weight excluding hydrogens is 169 g/mol. The zero-order chi connectivity index (χ0) is 9.42. The van der Waals surface area contributed by atoms with Gasteiger partial charge in [-0.2, -0.15) is 4.39 Å². The molecule has 0 aliphatic heterocycles. The number of halogens is 1. The summed E-state index contributed by atoms with van der Waals surface area (Å²) in [6.07, 6.45) is 2.11. The topological polar surface area (TPSA) is 43.3 Å². The number of fused-ring (bicyclic) bond motifs is 1. The summed E-state index contributed by atoms with van der Waals surface area (Å²) >= 11 is 0. The van der Waals surface area contributed by atoms with Crippen LogP contribution in [-0.4, -0.2) is 9.38 Å². The van der Waals surface area contributed by atoms with E-state index in [0.717, 1.165) is 0 Å². The predicted molar refractivity (Wildman–Crippen MR) is 48.9 cm³/mol. The molecule has 0 atom stereocenters. The Labute approximate surface area is 75.0 Å². The number of pyridine rings is 1. The van der Waals surface area contributed by atoms with Gasteiger partial charge in [0.2, 0.25) is 5.95 Å². The van der Waals surface area contributed by atoms with Gasteiger partial charge < -0.3 is 5.73 Å². The number of hydrogen-bond donors (Lipinski definition) is 1. The van der Waals surface area contributed by atoms with Crippen molar-refractivity contribution in [1.82, 2.24) is 9.38 Å². The molecule has 2 aromatic heterocycles. The second-order valence-electron chi connectivity index (χ2n) is 2.88. The summed E-state index contributed by atoms with van der Waals surface area (Å²) in [5, 5.41) is 0. The van der Waals surface area contributed by atoms with Crippen LogP contribution >= 0.6 is 0 Å². The largest absolute Gasteiger partial charge is 0.383 e. The van der Waals surface area contributed by atoms with Crippen LogP contribution < -0.4 is 5.73 Å². The van der Waals surface area contributed by atoms with E-state index in [-0.39, 0.29) is 5.95 Å². The summed E-state index contributed by atoms with van der Waals surface area (Å²) < 4.78 is 14.9. The van der Waals surface area contributed by atoms with Gasteiger partial charge in [0, 0.05) is 5.56 Å². The lowest BCUT2D eigenvalue weighted by molar-refractivity contribution is 0.555. The van der Waals surface area contributed by atoms with Crippen molar-refractivity contribution in [3.8, 4) is 0 Å². The van der Waals surface area contributed by atoms with Crippen molar-refractivity contribution in [1.29, 1.82) is 0 Å². The minimum Gasteiger partial charge on any atom is -0.383 e. The minimum atomic E-state index is -0.310. The molecule has 0 saturated heterocycles. The second kappa shape index (κ2) is 2.73. The van der Waals surface area contributed by atoms with Gasteiger partial charge in [-0.05, 0) is 12.5 Å². The smallest absolute Gasteiger partial charge is 0.204 e. The monoisotopic (exact) mass is 179 g/mol. The normalized spacial score (nSPS) is 10.9. The van der Waals surface area contributed by atoms with E-state index in [1.165, 1.54) is 10.6 Å². The van der Waals surface area contributed by atoms with Crippen LogP contribution in [-0.2, 0) is 6.42 Å². The van der Waals surface area contributed by atoms with E-state index in [4.69, 9.17) is 5.73 Å². The summed E-state index contributed by atoms with van der Waals surface area (Å²) in [7, 11) is 0. The number of rotatable bonds is 1. The number of aryl methyl sites for hydroxylation is 1. The van der Waals surface area contributed by atoms with Crippen LogP contribution in [0.25, 0.3) is 5.65 Å². The van der Waals surface area contributed by atoms with Crippen LogP contribution in [0.2, 0.25) is 0 Å². The summed E-state index contributed by atoms with van der Waals surface area (Å²) in [5.74, 6) is 0.0257. The van der Waals surface area contributed by atoms with E-state index < -0.39 is 0 Å². The van der Waals surface area contributed by atoms with Crippen LogP contribution in [0.3, 0.4) is 0 Å². The fraction of sp³-hybridized carbons (Fsp3) is 0.222. The molecule has 2 heterocycles. The van der Waals surface area contributed by atoms with E-state index in [9.17, 15) is 4.39 Å². The second-order valence-corrected chi connectivity index (χ2v) is 2.88. The van der Waals surface area contributed by atoms with E-state index in [1.807, 2.05) is 6.92 Å². The Hall–Kier alpha value is -1.58. The van der Waals surface area contributed by atoms with Crippen molar-refractivity contribution >= 4 is 11.5 Å². The van der Waals surface area contributed by atoms with Crippen molar-refractivity contribution in [3.05, 3.63) is 29.8 Å². The lowest BCUT2D eigenvalue weighted by Gasteiger charge is -2.03. The van der Waals surface area contributed by atoms with Gasteiger partial charge in [0.25, 0.3) is 0 Å². The lowest BCUT2D eigenvalue weighted by atomic mass is 10.2. The van der Waals surface area contributed by atoms with Gasteiger partial charge in [-0.3, -0.25) is 4.40 Å². The van der Waals surface area contributed by atoms with Gasteiger partial charge in [0.1, 0.15) is 11.5 Å². The number of nitrogens with two attached hydrogens (primary N) is 1. The first kappa shape index (κ1) is 8.04. The maximum Gasteiger partial charge on any atom is 0.204 e. The van der Waals surface area contributed by atoms with Gasteiger partial charge in [-0.1, -0.05) is 13.0 Å². The number of imidazole rings is 1. The Morgan fingerprint density at radius 1 is 1.54 bits per heavy atom. The third-order valence-electron chi connectivity index (χ3n) is 2.09. The number of aromatic nitrogens is 2. The molecule has 0 spiro atoms. The molecule has 0 bridgehead atoms. The molecule has 0 unspecified atom stereocenters. The van der Waals surface area contributed by atoms with Crippen molar-refractivity contribution in [2.24, 2.45) is 0 Å². The quantitative estimate of drug-likeness (QED) is 0.676. The molecule has 13 heavy (non-hydrogen) atoms. The molecule has 0 radical (unpaired) electrons. The SMILES string of the molecule is CCc1ccc2ncc(N)n2c1F. The zero-order valence-electron chi connectivity index (χ0n) is 7.29. The number of nitrogen functional groups attached to an aromatic ring is 1. The van der Waals surface area contributed by atoms with Gasteiger partial charge >= 0.3 is 0 Å². The van der Waals surface area contributed by atoms with Crippen LogP contribution in [0.5, 0.6) is 0 Å². The fourth-order valence-electron chi connectivity index (χ4n) is 1.36. The molecule has 2 rings (SSSR count). The minimum absolute atomic E-state index is 0.310. The van der Waals surface area contributed by atoms with Gasteiger partial charge in [-0.25, -0.2) is 4.98 Å². The fourth-order valence-corrected chi connectivity index (χ4v) is 1.36. The van der Waals surface area contributed by atoms with Crippen LogP contribution in [0.15, 0.2) is 18.3 Å². The number of nitrogens with zero attached hydrogens (tertiary/aromatic N) is 2. The average molecular weight is 179 g/mol. The van der Waals surface area contributed by atoms with Crippen molar-refractivity contribution in [2.75, 3.05) is 5.73 Å². The highest BCUT2D eigenvalue weighted by molar-refractivity contribution is 5.49. The molecule has 0 fully saturated rings. The van der Waals surface area contributed by atoms with Gasteiger partial charge in [0.15, 0.2) is 0 Å². The molecule has 4 heteroatoms.